The van der Waals surface area contributed by atoms with E-state index in [-0.39, 0.29) is 11.2 Å². The third-order valence-electron chi connectivity index (χ3n) is 4.80. The van der Waals surface area contributed by atoms with Crippen molar-refractivity contribution in [1.29, 1.82) is 0 Å². The third-order valence-corrected chi connectivity index (χ3v) is 5.69. The van der Waals surface area contributed by atoms with Gasteiger partial charge < -0.3 is 9.73 Å². The van der Waals surface area contributed by atoms with E-state index in [4.69, 9.17) is 9.40 Å². The lowest BCUT2D eigenvalue weighted by atomic mass is 10.1. The first kappa shape index (κ1) is 19.0. The van der Waals surface area contributed by atoms with Crippen molar-refractivity contribution < 1.29 is 9.21 Å². The maximum absolute atomic E-state index is 12.7. The monoisotopic (exact) mass is 424 g/mol. The Balaban J connectivity index is 1.40. The number of hydrogen-bond acceptors (Lipinski definition) is 5. The second-order valence-electron chi connectivity index (χ2n) is 6.91. The second-order valence-corrected chi connectivity index (χ2v) is 7.77. The third kappa shape index (κ3) is 3.89. The van der Waals surface area contributed by atoms with E-state index in [1.165, 1.54) is 6.07 Å². The zero-order valence-electron chi connectivity index (χ0n) is 16.2. The van der Waals surface area contributed by atoms with Gasteiger partial charge in [-0.3, -0.25) is 9.59 Å². The van der Waals surface area contributed by atoms with Gasteiger partial charge in [-0.05, 0) is 24.3 Å². The highest BCUT2D eigenvalue weighted by atomic mass is 32.1. The zero-order valence-corrected chi connectivity index (χ0v) is 17.1. The highest BCUT2D eigenvalue weighted by molar-refractivity contribution is 7.13. The van der Waals surface area contributed by atoms with Gasteiger partial charge in [0, 0.05) is 28.3 Å². The summed E-state index contributed by atoms with van der Waals surface area (Å²) in [5.74, 6) is -0.516. The molecule has 5 nitrogen and oxygen atoms in total. The van der Waals surface area contributed by atoms with Crippen LogP contribution in [-0.2, 0) is 0 Å². The molecule has 0 saturated heterocycles. The zero-order chi connectivity index (χ0) is 21.2. The van der Waals surface area contributed by atoms with Crippen LogP contribution in [0.2, 0.25) is 0 Å². The Morgan fingerprint density at radius 2 is 1.65 bits per heavy atom. The number of para-hydroxylation sites is 1. The number of rotatable bonds is 4. The molecular weight excluding hydrogens is 408 g/mol. The Morgan fingerprint density at radius 3 is 2.52 bits per heavy atom. The van der Waals surface area contributed by atoms with Gasteiger partial charge in [0.25, 0.3) is 5.91 Å². The highest BCUT2D eigenvalue weighted by Crippen LogP contribution is 2.30. The number of nitrogens with one attached hydrogen (secondary N) is 1. The first-order valence-corrected chi connectivity index (χ1v) is 10.5. The lowest BCUT2D eigenvalue weighted by Gasteiger charge is -2.07. The lowest BCUT2D eigenvalue weighted by molar-refractivity contribution is 0.0997. The van der Waals surface area contributed by atoms with Crippen molar-refractivity contribution in [3.8, 4) is 21.8 Å². The van der Waals surface area contributed by atoms with Crippen LogP contribution in [0.4, 0.5) is 5.69 Å². The van der Waals surface area contributed by atoms with Gasteiger partial charge in [-0.15, -0.1) is 11.3 Å². The van der Waals surface area contributed by atoms with Crippen LogP contribution in [0.3, 0.4) is 0 Å². The molecule has 6 heteroatoms. The van der Waals surface area contributed by atoms with Gasteiger partial charge in [0.2, 0.25) is 0 Å². The topological polar surface area (TPSA) is 72.2 Å². The van der Waals surface area contributed by atoms with Crippen LogP contribution in [-0.4, -0.2) is 10.9 Å². The van der Waals surface area contributed by atoms with Crippen LogP contribution in [0.15, 0.2) is 99.5 Å². The Morgan fingerprint density at radius 1 is 0.871 bits per heavy atom. The predicted octanol–water partition coefficient (Wildman–Crippen LogP) is 5.84. The number of thiazole rings is 1. The van der Waals surface area contributed by atoms with E-state index in [0.717, 1.165) is 21.8 Å². The van der Waals surface area contributed by atoms with Crippen LogP contribution < -0.4 is 10.7 Å². The number of benzene rings is 3. The summed E-state index contributed by atoms with van der Waals surface area (Å²) < 4.78 is 5.62. The van der Waals surface area contributed by atoms with Crippen molar-refractivity contribution in [2.75, 3.05) is 5.32 Å². The summed E-state index contributed by atoms with van der Waals surface area (Å²) in [6.07, 6.45) is 0. The largest absolute Gasteiger partial charge is 0.451 e. The van der Waals surface area contributed by atoms with E-state index >= 15 is 0 Å². The molecule has 0 aliphatic heterocycles. The highest BCUT2D eigenvalue weighted by Gasteiger charge is 2.13. The fraction of sp³-hybridized carbons (Fsp3) is 0. The Hall–Kier alpha value is -4.03. The van der Waals surface area contributed by atoms with Crippen LogP contribution in [0.1, 0.15) is 10.6 Å². The SMILES string of the molecule is O=C(Nc1cccc(-c2csc(-c3ccccc3)n2)c1)c1cc(=O)c2ccccc2o1. The lowest BCUT2D eigenvalue weighted by Crippen LogP contribution is -2.15. The van der Waals surface area contributed by atoms with Gasteiger partial charge >= 0.3 is 0 Å². The molecular formula is C25H16N2O3S. The molecule has 0 unspecified atom stereocenters. The number of fused-ring (bicyclic) bond motifs is 1. The maximum atomic E-state index is 12.7. The summed E-state index contributed by atoms with van der Waals surface area (Å²) in [6.45, 7) is 0. The molecule has 0 spiro atoms. The van der Waals surface area contributed by atoms with Crippen molar-refractivity contribution in [2.45, 2.75) is 0 Å². The summed E-state index contributed by atoms with van der Waals surface area (Å²) >= 11 is 1.57. The van der Waals surface area contributed by atoms with E-state index in [1.54, 1.807) is 41.7 Å². The van der Waals surface area contributed by atoms with Crippen molar-refractivity contribution >= 4 is 33.9 Å². The number of carbonyl (C=O) groups excluding carboxylic acids is 1. The number of carbonyl (C=O) groups is 1. The molecule has 5 rings (SSSR count). The van der Waals surface area contributed by atoms with Gasteiger partial charge in [0.15, 0.2) is 11.2 Å². The normalized spacial score (nSPS) is 10.8. The standard InChI is InChI=1S/C25H16N2O3S/c28-21-14-23(30-22-12-5-4-11-19(21)22)24(29)26-18-10-6-9-17(13-18)20-15-31-25(27-20)16-7-2-1-3-8-16/h1-15H,(H,26,29). The van der Waals surface area contributed by atoms with Crippen molar-refractivity contribution in [1.82, 2.24) is 4.98 Å². The van der Waals surface area contributed by atoms with E-state index in [1.807, 2.05) is 53.9 Å². The molecule has 0 bridgehead atoms. The molecule has 0 aliphatic carbocycles. The molecule has 0 fully saturated rings. The molecule has 150 valence electrons. The minimum atomic E-state index is -0.483. The summed E-state index contributed by atoms with van der Waals surface area (Å²) in [6, 6.07) is 25.5. The van der Waals surface area contributed by atoms with E-state index < -0.39 is 5.91 Å². The molecule has 1 N–H and O–H groups in total. The van der Waals surface area contributed by atoms with Crippen LogP contribution >= 0.6 is 11.3 Å². The van der Waals surface area contributed by atoms with Gasteiger partial charge in [-0.1, -0.05) is 54.6 Å². The van der Waals surface area contributed by atoms with Gasteiger partial charge in [0.05, 0.1) is 11.1 Å². The van der Waals surface area contributed by atoms with Gasteiger partial charge in [-0.2, -0.15) is 0 Å². The van der Waals surface area contributed by atoms with Crippen LogP contribution in [0.5, 0.6) is 0 Å². The molecule has 1 amide bonds. The average Bonchev–Trinajstić information content (AvgIpc) is 3.30. The number of anilines is 1. The molecule has 31 heavy (non-hydrogen) atoms. The van der Waals surface area contributed by atoms with Crippen molar-refractivity contribution in [3.05, 3.63) is 106 Å². The molecule has 0 saturated carbocycles. The molecule has 5 aromatic rings. The number of amides is 1. The smallest absolute Gasteiger partial charge is 0.291 e. The van der Waals surface area contributed by atoms with Gasteiger partial charge in [0.1, 0.15) is 10.6 Å². The minimum absolute atomic E-state index is 0.0332. The maximum Gasteiger partial charge on any atom is 0.291 e. The molecule has 2 heterocycles. The molecule has 0 radical (unpaired) electrons. The van der Waals surface area contributed by atoms with E-state index in [2.05, 4.69) is 5.32 Å². The number of nitrogens with zero attached hydrogens (tertiary/aromatic N) is 1. The molecule has 0 atom stereocenters. The summed E-state index contributed by atoms with van der Waals surface area (Å²) in [7, 11) is 0. The molecule has 2 aromatic heterocycles. The average molecular weight is 424 g/mol. The summed E-state index contributed by atoms with van der Waals surface area (Å²) in [5, 5.41) is 6.17. The Bertz CT molecular complexity index is 1450. The predicted molar refractivity (Wildman–Crippen MR) is 123 cm³/mol. The fourth-order valence-corrected chi connectivity index (χ4v) is 4.12. The first-order valence-electron chi connectivity index (χ1n) is 9.63. The number of aromatic nitrogens is 1. The van der Waals surface area contributed by atoms with Gasteiger partial charge in [-0.25, -0.2) is 4.98 Å². The van der Waals surface area contributed by atoms with E-state index in [9.17, 15) is 9.59 Å². The van der Waals surface area contributed by atoms with E-state index in [0.29, 0.717) is 16.7 Å². The fourth-order valence-electron chi connectivity index (χ4n) is 3.28. The van der Waals surface area contributed by atoms with Crippen molar-refractivity contribution in [2.24, 2.45) is 0 Å². The number of hydrogen-bond donors (Lipinski definition) is 1. The van der Waals surface area contributed by atoms with Crippen LogP contribution in [0, 0.1) is 0 Å². The minimum Gasteiger partial charge on any atom is -0.451 e. The second kappa shape index (κ2) is 8.01. The van der Waals surface area contributed by atoms with Crippen molar-refractivity contribution in [3.63, 3.8) is 0 Å². The Labute approximate surface area is 181 Å². The summed E-state index contributed by atoms with van der Waals surface area (Å²) in [5.41, 5.74) is 3.50. The Kier molecular flexibility index (Phi) is 4.90. The molecule has 3 aromatic carbocycles. The van der Waals surface area contributed by atoms with Crippen LogP contribution in [0.25, 0.3) is 32.8 Å². The summed E-state index contributed by atoms with van der Waals surface area (Å²) in [4.78, 5) is 29.7. The quantitative estimate of drug-likeness (QED) is 0.394. The molecule has 0 aliphatic rings. The first-order chi connectivity index (χ1) is 15.2.